The van der Waals surface area contributed by atoms with Crippen LogP contribution in [0.15, 0.2) is 54.6 Å². The van der Waals surface area contributed by atoms with Gasteiger partial charge >= 0.3 is 0 Å². The molecular weight excluding hydrogens is 324 g/mol. The van der Waals surface area contributed by atoms with E-state index in [9.17, 15) is 4.79 Å². The second kappa shape index (κ2) is 7.16. The second-order valence-electron chi connectivity index (χ2n) is 6.80. The molecule has 1 atom stereocenters. The van der Waals surface area contributed by atoms with Gasteiger partial charge in [-0.25, -0.2) is 4.68 Å². The van der Waals surface area contributed by atoms with E-state index in [1.807, 2.05) is 63.2 Å². The van der Waals surface area contributed by atoms with E-state index in [0.29, 0.717) is 5.75 Å². The van der Waals surface area contributed by atoms with Gasteiger partial charge in [-0.3, -0.25) is 4.79 Å². The van der Waals surface area contributed by atoms with Crippen LogP contribution in [0.25, 0.3) is 10.8 Å². The summed E-state index contributed by atoms with van der Waals surface area (Å²) in [6, 6.07) is 13.9. The Morgan fingerprint density at radius 2 is 1.88 bits per heavy atom. The van der Waals surface area contributed by atoms with Gasteiger partial charge in [0.2, 0.25) is 0 Å². The Labute approximate surface area is 154 Å². The normalized spacial score (nSPS) is 12.2. The minimum Gasteiger partial charge on any atom is -0.481 e. The first-order valence-electron chi connectivity index (χ1n) is 8.76. The van der Waals surface area contributed by atoms with Gasteiger partial charge in [-0.1, -0.05) is 42.5 Å². The van der Waals surface area contributed by atoms with Gasteiger partial charge in [-0.2, -0.15) is 5.10 Å². The number of carbonyl (C=O) groups excluding carboxylic acids is 1. The maximum atomic E-state index is 12.8. The summed E-state index contributed by atoms with van der Waals surface area (Å²) >= 11 is 0. The Hall–Kier alpha value is -2.88. The summed E-state index contributed by atoms with van der Waals surface area (Å²) in [4.78, 5) is 12.8. The van der Waals surface area contributed by atoms with Crippen LogP contribution in [0.5, 0.6) is 5.75 Å². The van der Waals surface area contributed by atoms with Crippen molar-refractivity contribution >= 4 is 16.7 Å². The molecule has 0 aliphatic heterocycles. The molecule has 0 spiro atoms. The number of allylic oxidation sites excluding steroid dienone is 1. The molecule has 26 heavy (non-hydrogen) atoms. The van der Waals surface area contributed by atoms with E-state index in [0.717, 1.165) is 39.7 Å². The lowest BCUT2D eigenvalue weighted by Gasteiger charge is -2.15. The minimum atomic E-state index is -0.633. The van der Waals surface area contributed by atoms with E-state index >= 15 is 0 Å². The quantitative estimate of drug-likeness (QED) is 0.617. The lowest BCUT2D eigenvalue weighted by molar-refractivity contribution is 0.0707. The van der Waals surface area contributed by atoms with Crippen molar-refractivity contribution in [3.63, 3.8) is 0 Å². The zero-order valence-corrected chi connectivity index (χ0v) is 15.7. The van der Waals surface area contributed by atoms with Crippen molar-refractivity contribution in [3.8, 4) is 5.75 Å². The molecule has 4 nitrogen and oxygen atoms in total. The molecule has 3 aromatic rings. The molecular formula is C22H24N2O2. The summed E-state index contributed by atoms with van der Waals surface area (Å²) in [5.41, 5.74) is 3.81. The van der Waals surface area contributed by atoms with Crippen LogP contribution >= 0.6 is 0 Å². The third kappa shape index (κ3) is 3.54. The van der Waals surface area contributed by atoms with Crippen molar-refractivity contribution in [3.05, 3.63) is 71.6 Å². The molecule has 0 saturated carbocycles. The molecule has 0 aliphatic rings. The smallest absolute Gasteiger partial charge is 0.287 e. The van der Waals surface area contributed by atoms with Crippen molar-refractivity contribution in [2.45, 2.75) is 40.2 Å². The van der Waals surface area contributed by atoms with Gasteiger partial charge in [-0.05, 0) is 57.0 Å². The Bertz CT molecular complexity index is 985. The van der Waals surface area contributed by atoms with Gasteiger partial charge in [0.05, 0.1) is 5.69 Å². The molecule has 0 saturated heterocycles. The van der Waals surface area contributed by atoms with Crippen molar-refractivity contribution in [1.29, 1.82) is 0 Å². The van der Waals surface area contributed by atoms with Crippen LogP contribution in [0.1, 0.15) is 35.6 Å². The zero-order chi connectivity index (χ0) is 18.8. The fourth-order valence-corrected chi connectivity index (χ4v) is 3.11. The third-order valence-corrected chi connectivity index (χ3v) is 4.51. The number of benzene rings is 2. The van der Waals surface area contributed by atoms with Crippen LogP contribution in [0.3, 0.4) is 0 Å². The standard InChI is InChI=1S/C22H24N2O2/c1-14(2)12-21-15(3)23-24(16(21)4)22(25)17(5)26-20-11-10-18-8-6-7-9-19(18)13-20/h6-11,13,17H,1,12H2,2-5H3. The first-order chi connectivity index (χ1) is 12.4. The third-order valence-electron chi connectivity index (χ3n) is 4.51. The van der Waals surface area contributed by atoms with E-state index in [2.05, 4.69) is 11.7 Å². The van der Waals surface area contributed by atoms with E-state index in [1.54, 1.807) is 6.92 Å². The second-order valence-corrected chi connectivity index (χ2v) is 6.80. The van der Waals surface area contributed by atoms with Gasteiger partial charge in [-0.15, -0.1) is 0 Å². The van der Waals surface area contributed by atoms with Crippen LogP contribution < -0.4 is 4.74 Å². The van der Waals surface area contributed by atoms with Gasteiger partial charge in [0, 0.05) is 11.3 Å². The highest BCUT2D eigenvalue weighted by Crippen LogP contribution is 2.22. The van der Waals surface area contributed by atoms with Crippen LogP contribution in [0, 0.1) is 13.8 Å². The Morgan fingerprint density at radius 1 is 1.19 bits per heavy atom. The van der Waals surface area contributed by atoms with Crippen LogP contribution in [-0.4, -0.2) is 21.8 Å². The summed E-state index contributed by atoms with van der Waals surface area (Å²) in [5.74, 6) is 0.500. The number of fused-ring (bicyclic) bond motifs is 1. The minimum absolute atomic E-state index is 0.174. The summed E-state index contributed by atoms with van der Waals surface area (Å²) < 4.78 is 7.35. The fraction of sp³-hybridized carbons (Fsp3) is 0.273. The zero-order valence-electron chi connectivity index (χ0n) is 15.7. The summed E-state index contributed by atoms with van der Waals surface area (Å²) in [6.07, 6.45) is 0.0945. The van der Waals surface area contributed by atoms with Gasteiger partial charge in [0.15, 0.2) is 6.10 Å². The van der Waals surface area contributed by atoms with E-state index in [4.69, 9.17) is 4.74 Å². The number of hydrogen-bond donors (Lipinski definition) is 0. The largest absolute Gasteiger partial charge is 0.481 e. The van der Waals surface area contributed by atoms with Crippen molar-refractivity contribution in [1.82, 2.24) is 9.78 Å². The number of hydrogen-bond acceptors (Lipinski definition) is 3. The van der Waals surface area contributed by atoms with Crippen LogP contribution in [-0.2, 0) is 6.42 Å². The van der Waals surface area contributed by atoms with E-state index < -0.39 is 6.10 Å². The molecule has 0 radical (unpaired) electrons. The number of ether oxygens (including phenoxy) is 1. The summed E-state index contributed by atoms with van der Waals surface area (Å²) in [5, 5.41) is 6.65. The topological polar surface area (TPSA) is 44.1 Å². The van der Waals surface area contributed by atoms with Gasteiger partial charge in [0.1, 0.15) is 5.75 Å². The maximum absolute atomic E-state index is 12.8. The van der Waals surface area contributed by atoms with Gasteiger partial charge in [0.25, 0.3) is 5.91 Å². The average Bonchev–Trinajstić information content (AvgIpc) is 2.88. The molecule has 4 heteroatoms. The summed E-state index contributed by atoms with van der Waals surface area (Å²) in [7, 11) is 0. The molecule has 0 aliphatic carbocycles. The van der Waals surface area contributed by atoms with Crippen LogP contribution in [0.4, 0.5) is 0 Å². The molecule has 3 rings (SSSR count). The molecule has 2 aromatic carbocycles. The average molecular weight is 348 g/mol. The predicted octanol–water partition coefficient (Wildman–Crippen LogP) is 4.88. The van der Waals surface area contributed by atoms with Crippen molar-refractivity contribution in [2.75, 3.05) is 0 Å². The Kier molecular flexibility index (Phi) is 4.94. The predicted molar refractivity (Wildman–Crippen MR) is 105 cm³/mol. The number of aryl methyl sites for hydroxylation is 1. The first kappa shape index (κ1) is 17.9. The lowest BCUT2D eigenvalue weighted by atomic mass is 10.1. The van der Waals surface area contributed by atoms with Crippen molar-refractivity contribution < 1.29 is 9.53 Å². The molecule has 1 aromatic heterocycles. The molecule has 0 fully saturated rings. The van der Waals surface area contributed by atoms with E-state index in [-0.39, 0.29) is 5.91 Å². The lowest BCUT2D eigenvalue weighted by Crippen LogP contribution is -2.30. The highest BCUT2D eigenvalue weighted by molar-refractivity contribution is 5.85. The number of nitrogens with zero attached hydrogens (tertiary/aromatic N) is 2. The Balaban J connectivity index is 1.82. The highest BCUT2D eigenvalue weighted by Gasteiger charge is 2.22. The number of rotatable bonds is 5. The van der Waals surface area contributed by atoms with Crippen LogP contribution in [0.2, 0.25) is 0 Å². The first-order valence-corrected chi connectivity index (χ1v) is 8.76. The summed E-state index contributed by atoms with van der Waals surface area (Å²) in [6.45, 7) is 11.5. The molecule has 0 amide bonds. The van der Waals surface area contributed by atoms with E-state index in [1.165, 1.54) is 4.68 Å². The molecule has 134 valence electrons. The SMILES string of the molecule is C=C(C)Cc1c(C)nn(C(=O)C(C)Oc2ccc3ccccc3c2)c1C. The number of aromatic nitrogens is 2. The fourth-order valence-electron chi connectivity index (χ4n) is 3.11. The highest BCUT2D eigenvalue weighted by atomic mass is 16.5. The number of carbonyl (C=O) groups is 1. The molecule has 1 heterocycles. The molecule has 0 bridgehead atoms. The molecule has 0 N–H and O–H groups in total. The van der Waals surface area contributed by atoms with Gasteiger partial charge < -0.3 is 4.74 Å². The van der Waals surface area contributed by atoms with Crippen molar-refractivity contribution in [2.24, 2.45) is 0 Å². The molecule has 1 unspecified atom stereocenters. The monoisotopic (exact) mass is 348 g/mol. The maximum Gasteiger partial charge on any atom is 0.287 e. The Morgan fingerprint density at radius 3 is 2.58 bits per heavy atom.